The molecule has 8 aromatic carbocycles. The lowest BCUT2D eigenvalue weighted by Crippen LogP contribution is -2.27. The second-order valence-corrected chi connectivity index (χ2v) is 14.9. The van der Waals surface area contributed by atoms with Crippen LogP contribution in [0.1, 0.15) is 34.2 Å². The number of anilines is 3. The van der Waals surface area contributed by atoms with Crippen molar-refractivity contribution < 1.29 is 0 Å². The first-order valence-corrected chi connectivity index (χ1v) is 19.2. The second kappa shape index (κ2) is 12.3. The highest BCUT2D eigenvalue weighted by Crippen LogP contribution is 2.57. The molecule has 0 radical (unpaired) electrons. The minimum atomic E-state index is -0.290. The van der Waals surface area contributed by atoms with Crippen molar-refractivity contribution in [2.24, 2.45) is 0 Å². The predicted molar refractivity (Wildman–Crippen MR) is 231 cm³/mol. The molecular weight excluding hydrogens is 665 g/mol. The minimum Gasteiger partial charge on any atom is -0.310 e. The number of para-hydroxylation sites is 2. The molecule has 1 heterocycles. The number of benzene rings is 8. The van der Waals surface area contributed by atoms with Gasteiger partial charge in [-0.2, -0.15) is 0 Å². The third-order valence-electron chi connectivity index (χ3n) is 12.1. The zero-order valence-corrected chi connectivity index (χ0v) is 30.7. The highest BCUT2D eigenvalue weighted by molar-refractivity contribution is 6.10. The number of hydrogen-bond acceptors (Lipinski definition) is 1. The van der Waals surface area contributed by atoms with Crippen LogP contribution in [0.15, 0.2) is 194 Å². The van der Waals surface area contributed by atoms with Crippen LogP contribution in [0, 0.1) is 6.92 Å². The minimum absolute atomic E-state index is 0.290. The molecule has 1 spiro atoms. The lowest BCUT2D eigenvalue weighted by molar-refractivity contribution is 0.644. The average Bonchev–Trinajstić information content (AvgIpc) is 3.71. The fourth-order valence-electron chi connectivity index (χ4n) is 9.61. The molecule has 1 aromatic heterocycles. The maximum atomic E-state index is 2.49. The van der Waals surface area contributed by atoms with E-state index in [9.17, 15) is 0 Å². The SMILES string of the molecule is Cc1c2cccc1C1(CC=C2)c2ccccc2-c2ccc(N(c3ccc(-c4ccccc4)cc3)c3ccc4c5ccccc5n(-c5ccccc5)c4c3)cc21. The Bertz CT molecular complexity index is 2950. The Morgan fingerprint density at radius 3 is 1.96 bits per heavy atom. The van der Waals surface area contributed by atoms with Gasteiger partial charge in [0.15, 0.2) is 0 Å². The number of fused-ring (bicyclic) bond motifs is 11. The van der Waals surface area contributed by atoms with Crippen molar-refractivity contribution in [2.75, 3.05) is 4.90 Å². The van der Waals surface area contributed by atoms with Gasteiger partial charge in [-0.3, -0.25) is 0 Å². The molecule has 1 atom stereocenters. The quantitative estimate of drug-likeness (QED) is 0.173. The summed E-state index contributed by atoms with van der Waals surface area (Å²) in [7, 11) is 0. The van der Waals surface area contributed by atoms with Gasteiger partial charge in [-0.25, -0.2) is 0 Å². The first kappa shape index (κ1) is 31.6. The van der Waals surface area contributed by atoms with Gasteiger partial charge in [-0.15, -0.1) is 0 Å². The van der Waals surface area contributed by atoms with E-state index in [0.717, 1.165) is 29.2 Å². The Balaban J connectivity index is 1.16. The largest absolute Gasteiger partial charge is 0.310 e. The summed E-state index contributed by atoms with van der Waals surface area (Å²) < 4.78 is 2.41. The van der Waals surface area contributed by atoms with Gasteiger partial charge >= 0.3 is 0 Å². The maximum absolute atomic E-state index is 2.49. The molecule has 1 unspecified atom stereocenters. The molecule has 0 aliphatic heterocycles. The molecule has 0 N–H and O–H groups in total. The molecule has 0 saturated heterocycles. The summed E-state index contributed by atoms with van der Waals surface area (Å²) in [4.78, 5) is 2.45. The molecule has 11 rings (SSSR count). The van der Waals surface area contributed by atoms with Crippen LogP contribution in [0.5, 0.6) is 0 Å². The Labute approximate surface area is 321 Å². The average molecular weight is 703 g/mol. The molecule has 0 saturated carbocycles. The summed E-state index contributed by atoms with van der Waals surface area (Å²) in [6.45, 7) is 2.30. The summed E-state index contributed by atoms with van der Waals surface area (Å²) in [5.41, 5.74) is 18.5. The van der Waals surface area contributed by atoms with E-state index < -0.39 is 0 Å². The molecule has 2 aliphatic carbocycles. The molecule has 0 amide bonds. The van der Waals surface area contributed by atoms with Crippen LogP contribution >= 0.6 is 0 Å². The van der Waals surface area contributed by atoms with E-state index in [1.165, 1.54) is 71.9 Å². The third-order valence-corrected chi connectivity index (χ3v) is 12.1. The van der Waals surface area contributed by atoms with Crippen LogP contribution in [-0.2, 0) is 5.41 Å². The Hall–Kier alpha value is -6.90. The highest BCUT2D eigenvalue weighted by Gasteiger charge is 2.45. The van der Waals surface area contributed by atoms with Gasteiger partial charge in [0.2, 0.25) is 0 Å². The molecule has 2 heteroatoms. The monoisotopic (exact) mass is 702 g/mol. The van der Waals surface area contributed by atoms with Crippen LogP contribution < -0.4 is 4.90 Å². The van der Waals surface area contributed by atoms with Crippen molar-refractivity contribution in [2.45, 2.75) is 18.8 Å². The standard InChI is InChI=1S/C53H38N2/c1-36-37-16-12-23-48(36)53(33-13-17-37)49-22-10-8-20-44(49)45-31-29-42(34-50(45)53)54(41-27-25-39(26-28-41)38-14-4-2-5-15-38)43-30-32-47-46-21-9-11-24-51(46)55(52(47)35-43)40-18-6-3-7-19-40/h2-32,34-35H,33H2,1H3. The summed E-state index contributed by atoms with van der Waals surface area (Å²) >= 11 is 0. The van der Waals surface area contributed by atoms with Crippen LogP contribution in [0.25, 0.3) is 55.8 Å². The topological polar surface area (TPSA) is 8.17 Å². The molecule has 9 aromatic rings. The normalized spacial score (nSPS) is 15.3. The fourth-order valence-corrected chi connectivity index (χ4v) is 9.61. The van der Waals surface area contributed by atoms with Gasteiger partial charge in [0.05, 0.1) is 16.4 Å². The highest BCUT2D eigenvalue weighted by atomic mass is 15.1. The molecule has 55 heavy (non-hydrogen) atoms. The van der Waals surface area contributed by atoms with Crippen molar-refractivity contribution in [3.8, 4) is 27.9 Å². The summed E-state index contributed by atoms with van der Waals surface area (Å²) in [5, 5.41) is 2.49. The van der Waals surface area contributed by atoms with Crippen molar-refractivity contribution >= 4 is 44.9 Å². The number of nitrogens with zero attached hydrogens (tertiary/aromatic N) is 2. The van der Waals surface area contributed by atoms with Gasteiger partial charge in [0.1, 0.15) is 0 Å². The van der Waals surface area contributed by atoms with Gasteiger partial charge in [-0.05, 0) is 118 Å². The predicted octanol–water partition coefficient (Wildman–Crippen LogP) is 14.0. The third kappa shape index (κ3) is 4.74. The van der Waals surface area contributed by atoms with E-state index in [2.05, 4.69) is 217 Å². The molecule has 2 aliphatic rings. The summed E-state index contributed by atoms with van der Waals surface area (Å²) in [5.74, 6) is 0. The van der Waals surface area contributed by atoms with Crippen molar-refractivity contribution in [3.05, 3.63) is 222 Å². The molecule has 0 fully saturated rings. The second-order valence-electron chi connectivity index (χ2n) is 14.9. The van der Waals surface area contributed by atoms with Gasteiger partial charge in [-0.1, -0.05) is 146 Å². The summed E-state index contributed by atoms with van der Waals surface area (Å²) in [6.07, 6.45) is 5.62. The van der Waals surface area contributed by atoms with E-state index in [4.69, 9.17) is 0 Å². The summed E-state index contributed by atoms with van der Waals surface area (Å²) in [6, 6.07) is 69.3. The molecule has 260 valence electrons. The molecular formula is C53H38N2. The Morgan fingerprint density at radius 2 is 1.11 bits per heavy atom. The van der Waals surface area contributed by atoms with E-state index in [0.29, 0.717) is 0 Å². The van der Waals surface area contributed by atoms with Crippen molar-refractivity contribution in [3.63, 3.8) is 0 Å². The molecule has 2 bridgehead atoms. The van der Waals surface area contributed by atoms with Crippen LogP contribution in [-0.4, -0.2) is 4.57 Å². The van der Waals surface area contributed by atoms with Gasteiger partial charge in [0.25, 0.3) is 0 Å². The Morgan fingerprint density at radius 1 is 0.473 bits per heavy atom. The number of rotatable bonds is 5. The number of aromatic nitrogens is 1. The zero-order chi connectivity index (χ0) is 36.5. The van der Waals surface area contributed by atoms with Gasteiger partial charge < -0.3 is 9.47 Å². The van der Waals surface area contributed by atoms with E-state index in [-0.39, 0.29) is 5.41 Å². The first-order chi connectivity index (χ1) is 27.2. The van der Waals surface area contributed by atoms with Crippen molar-refractivity contribution in [1.82, 2.24) is 4.57 Å². The van der Waals surface area contributed by atoms with Crippen LogP contribution in [0.4, 0.5) is 17.1 Å². The Kier molecular flexibility index (Phi) is 7.09. The van der Waals surface area contributed by atoms with Gasteiger partial charge in [0, 0.05) is 33.5 Å². The fraction of sp³-hybridized carbons (Fsp3) is 0.0566. The van der Waals surface area contributed by atoms with Crippen LogP contribution in [0.3, 0.4) is 0 Å². The maximum Gasteiger partial charge on any atom is 0.0561 e. The zero-order valence-electron chi connectivity index (χ0n) is 30.7. The van der Waals surface area contributed by atoms with Crippen molar-refractivity contribution in [1.29, 1.82) is 0 Å². The van der Waals surface area contributed by atoms with E-state index >= 15 is 0 Å². The lowest BCUT2D eigenvalue weighted by atomic mass is 9.69. The van der Waals surface area contributed by atoms with Crippen LogP contribution in [0.2, 0.25) is 0 Å². The van der Waals surface area contributed by atoms with E-state index in [1.807, 2.05) is 0 Å². The number of allylic oxidation sites excluding steroid dienone is 1. The molecule has 2 nitrogen and oxygen atoms in total. The lowest BCUT2D eigenvalue weighted by Gasteiger charge is -2.34. The first-order valence-electron chi connectivity index (χ1n) is 19.2. The van der Waals surface area contributed by atoms with E-state index in [1.54, 1.807) is 0 Å². The number of hydrogen-bond donors (Lipinski definition) is 0. The smallest absolute Gasteiger partial charge is 0.0561 e.